The van der Waals surface area contributed by atoms with Gasteiger partial charge in [-0.05, 0) is 42.8 Å². The summed E-state index contributed by atoms with van der Waals surface area (Å²) in [5.41, 5.74) is 0.859. The number of anilines is 1. The van der Waals surface area contributed by atoms with Crippen LogP contribution in [0.4, 0.5) is 5.69 Å². The molecule has 0 aliphatic carbocycles. The van der Waals surface area contributed by atoms with Crippen molar-refractivity contribution >= 4 is 33.2 Å². The molecule has 0 saturated carbocycles. The number of amides is 1. The predicted molar refractivity (Wildman–Crippen MR) is 93.1 cm³/mol. The molecule has 2 N–H and O–H groups in total. The maximum absolute atomic E-state index is 12.3. The average Bonchev–Trinajstić information content (AvgIpc) is 2.51. The number of benzene rings is 2. The maximum Gasteiger partial charge on any atom is 0.259 e. The van der Waals surface area contributed by atoms with Gasteiger partial charge in [0.2, 0.25) is 10.0 Å². The number of phenolic OH excluding ortho intramolecular Hbond substituents is 1. The zero-order chi connectivity index (χ0) is 18.1. The highest BCUT2D eigenvalue weighted by molar-refractivity contribution is 7.89. The first-order valence-electron chi connectivity index (χ1n) is 6.96. The molecule has 0 spiro atoms. The number of halogens is 1. The lowest BCUT2D eigenvalue weighted by atomic mass is 10.1. The third-order valence-electron chi connectivity index (χ3n) is 3.41. The minimum absolute atomic E-state index is 0.0000849. The Bertz CT molecular complexity index is 895. The number of sulfonamides is 1. The average molecular weight is 369 g/mol. The van der Waals surface area contributed by atoms with Gasteiger partial charge in [-0.1, -0.05) is 17.7 Å². The Hall–Kier alpha value is -2.09. The Morgan fingerprint density at radius 1 is 1.17 bits per heavy atom. The van der Waals surface area contributed by atoms with E-state index >= 15 is 0 Å². The van der Waals surface area contributed by atoms with Gasteiger partial charge in [0.25, 0.3) is 5.91 Å². The molecule has 0 aromatic heterocycles. The molecule has 2 rings (SSSR count). The van der Waals surface area contributed by atoms with E-state index in [1.165, 1.54) is 38.4 Å². The Balaban J connectivity index is 2.38. The van der Waals surface area contributed by atoms with Gasteiger partial charge in [0, 0.05) is 24.8 Å². The van der Waals surface area contributed by atoms with Crippen molar-refractivity contribution in [1.82, 2.24) is 4.31 Å². The fourth-order valence-corrected chi connectivity index (χ4v) is 3.36. The number of nitrogens with zero attached hydrogens (tertiary/aromatic N) is 1. The Kier molecular flexibility index (Phi) is 5.17. The van der Waals surface area contributed by atoms with Crippen LogP contribution in [-0.2, 0) is 10.0 Å². The van der Waals surface area contributed by atoms with Crippen LogP contribution in [0.15, 0.2) is 41.3 Å². The molecule has 128 valence electrons. The molecule has 0 radical (unpaired) electrons. The van der Waals surface area contributed by atoms with E-state index in [9.17, 15) is 18.3 Å². The first kappa shape index (κ1) is 18.3. The highest BCUT2D eigenvalue weighted by Crippen LogP contribution is 2.25. The molecule has 0 aliphatic rings. The summed E-state index contributed by atoms with van der Waals surface area (Å²) in [5, 5.41) is 12.6. The minimum atomic E-state index is -3.63. The summed E-state index contributed by atoms with van der Waals surface area (Å²) in [5.74, 6) is -0.808. The second-order valence-electron chi connectivity index (χ2n) is 5.38. The van der Waals surface area contributed by atoms with Gasteiger partial charge in [-0.2, -0.15) is 0 Å². The van der Waals surface area contributed by atoms with Crippen LogP contribution in [0.1, 0.15) is 15.9 Å². The van der Waals surface area contributed by atoms with E-state index in [1.807, 2.05) is 0 Å². The lowest BCUT2D eigenvalue weighted by Gasteiger charge is -2.15. The van der Waals surface area contributed by atoms with Gasteiger partial charge in [0.15, 0.2) is 0 Å². The second-order valence-corrected chi connectivity index (χ2v) is 7.94. The number of hydrogen-bond acceptors (Lipinski definition) is 4. The number of aryl methyl sites for hydroxylation is 1. The molecule has 6 nitrogen and oxygen atoms in total. The van der Waals surface area contributed by atoms with Crippen molar-refractivity contribution in [1.29, 1.82) is 0 Å². The van der Waals surface area contributed by atoms with Crippen LogP contribution in [0.3, 0.4) is 0 Å². The van der Waals surface area contributed by atoms with E-state index < -0.39 is 15.9 Å². The summed E-state index contributed by atoms with van der Waals surface area (Å²) in [6.07, 6.45) is 0. The summed E-state index contributed by atoms with van der Waals surface area (Å²) >= 11 is 5.83. The number of phenols is 1. The summed E-state index contributed by atoms with van der Waals surface area (Å²) in [6, 6.07) is 8.67. The standard InChI is InChI=1S/C16H17ClN2O4S/c1-10-4-6-12(9-15(10)24(22,23)19(2)3)18-16(21)13-8-11(17)5-7-14(13)20/h4-9,20H,1-3H3,(H,18,21). The molecule has 0 saturated heterocycles. The molecule has 2 aromatic rings. The first-order chi connectivity index (χ1) is 11.1. The topological polar surface area (TPSA) is 86.7 Å². The fraction of sp³-hybridized carbons (Fsp3) is 0.188. The molecule has 1 amide bonds. The van der Waals surface area contributed by atoms with Crippen molar-refractivity contribution in [3.05, 3.63) is 52.5 Å². The molecule has 8 heteroatoms. The lowest BCUT2D eigenvalue weighted by Crippen LogP contribution is -2.23. The van der Waals surface area contributed by atoms with E-state index in [0.717, 1.165) is 4.31 Å². The number of carbonyl (C=O) groups excluding carboxylic acids is 1. The molecular weight excluding hydrogens is 352 g/mol. The smallest absolute Gasteiger partial charge is 0.259 e. The zero-order valence-corrected chi connectivity index (χ0v) is 14.9. The minimum Gasteiger partial charge on any atom is -0.507 e. The molecule has 0 heterocycles. The summed E-state index contributed by atoms with van der Waals surface area (Å²) < 4.78 is 25.7. The molecule has 0 fully saturated rings. The van der Waals surface area contributed by atoms with Gasteiger partial charge in [-0.15, -0.1) is 0 Å². The summed E-state index contributed by atoms with van der Waals surface area (Å²) in [7, 11) is -0.765. The largest absolute Gasteiger partial charge is 0.507 e. The molecule has 0 bridgehead atoms. The van der Waals surface area contributed by atoms with Crippen molar-refractivity contribution in [3.8, 4) is 5.75 Å². The number of hydrogen-bond donors (Lipinski definition) is 2. The van der Waals surface area contributed by atoms with Crippen LogP contribution >= 0.6 is 11.6 Å². The van der Waals surface area contributed by atoms with Gasteiger partial charge in [0.05, 0.1) is 10.5 Å². The van der Waals surface area contributed by atoms with E-state index in [1.54, 1.807) is 19.1 Å². The zero-order valence-electron chi connectivity index (χ0n) is 13.4. The van der Waals surface area contributed by atoms with E-state index in [0.29, 0.717) is 16.3 Å². The highest BCUT2D eigenvalue weighted by atomic mass is 35.5. The van der Waals surface area contributed by atoms with Crippen molar-refractivity contribution in [2.24, 2.45) is 0 Å². The lowest BCUT2D eigenvalue weighted by molar-refractivity contribution is 0.102. The highest BCUT2D eigenvalue weighted by Gasteiger charge is 2.21. The van der Waals surface area contributed by atoms with E-state index in [2.05, 4.69) is 5.32 Å². The molecular formula is C16H17ClN2O4S. The third-order valence-corrected chi connectivity index (χ3v) is 5.60. The molecule has 0 aliphatic heterocycles. The molecule has 0 atom stereocenters. The second kappa shape index (κ2) is 6.80. The van der Waals surface area contributed by atoms with E-state index in [4.69, 9.17) is 11.6 Å². The SMILES string of the molecule is Cc1ccc(NC(=O)c2cc(Cl)ccc2O)cc1S(=O)(=O)N(C)C. The molecule has 24 heavy (non-hydrogen) atoms. The van der Waals surface area contributed by atoms with Gasteiger partial charge < -0.3 is 10.4 Å². The van der Waals surface area contributed by atoms with Gasteiger partial charge >= 0.3 is 0 Å². The maximum atomic E-state index is 12.3. The van der Waals surface area contributed by atoms with Crippen molar-refractivity contribution in [2.75, 3.05) is 19.4 Å². The van der Waals surface area contributed by atoms with Crippen molar-refractivity contribution in [3.63, 3.8) is 0 Å². The Morgan fingerprint density at radius 2 is 1.83 bits per heavy atom. The van der Waals surface area contributed by atoms with Crippen LogP contribution in [0.5, 0.6) is 5.75 Å². The molecule has 2 aromatic carbocycles. The number of aromatic hydroxyl groups is 1. The molecule has 0 unspecified atom stereocenters. The summed E-state index contributed by atoms with van der Waals surface area (Å²) in [6.45, 7) is 1.67. The van der Waals surface area contributed by atoms with Gasteiger partial charge in [-0.25, -0.2) is 12.7 Å². The van der Waals surface area contributed by atoms with Crippen molar-refractivity contribution < 1.29 is 18.3 Å². The van der Waals surface area contributed by atoms with Crippen LogP contribution in [0.25, 0.3) is 0 Å². The fourth-order valence-electron chi connectivity index (χ4n) is 2.04. The van der Waals surface area contributed by atoms with Crippen LogP contribution in [-0.4, -0.2) is 37.8 Å². The van der Waals surface area contributed by atoms with Crippen molar-refractivity contribution in [2.45, 2.75) is 11.8 Å². The first-order valence-corrected chi connectivity index (χ1v) is 8.78. The number of rotatable bonds is 4. The normalized spacial score (nSPS) is 11.5. The number of carbonyl (C=O) groups is 1. The predicted octanol–water partition coefficient (Wildman–Crippen LogP) is 2.86. The van der Waals surface area contributed by atoms with E-state index in [-0.39, 0.29) is 16.2 Å². The third kappa shape index (κ3) is 3.69. The van der Waals surface area contributed by atoms with Crippen LogP contribution in [0.2, 0.25) is 5.02 Å². The van der Waals surface area contributed by atoms with Crippen LogP contribution in [0, 0.1) is 6.92 Å². The van der Waals surface area contributed by atoms with Crippen LogP contribution < -0.4 is 5.32 Å². The number of nitrogens with one attached hydrogen (secondary N) is 1. The quantitative estimate of drug-likeness (QED) is 0.868. The Labute approximate surface area is 145 Å². The summed E-state index contributed by atoms with van der Waals surface area (Å²) in [4.78, 5) is 12.4. The Morgan fingerprint density at radius 3 is 2.46 bits per heavy atom. The van der Waals surface area contributed by atoms with Gasteiger partial charge in [0.1, 0.15) is 5.75 Å². The monoisotopic (exact) mass is 368 g/mol. The van der Waals surface area contributed by atoms with Gasteiger partial charge in [-0.3, -0.25) is 4.79 Å².